The summed E-state index contributed by atoms with van der Waals surface area (Å²) in [7, 11) is 0. The van der Waals surface area contributed by atoms with Gasteiger partial charge in [0.1, 0.15) is 5.75 Å². The van der Waals surface area contributed by atoms with E-state index in [1.165, 1.54) is 24.6 Å². The number of amidine groups is 1. The van der Waals surface area contributed by atoms with Gasteiger partial charge in [-0.2, -0.15) is 4.99 Å². The summed E-state index contributed by atoms with van der Waals surface area (Å²) >= 11 is 1.48. The van der Waals surface area contributed by atoms with E-state index in [4.69, 9.17) is 4.74 Å². The molecule has 0 saturated carbocycles. The van der Waals surface area contributed by atoms with E-state index in [0.29, 0.717) is 11.5 Å². The number of carbonyl (C=O) groups is 1. The van der Waals surface area contributed by atoms with Crippen LogP contribution in [0, 0.1) is 5.92 Å². The summed E-state index contributed by atoms with van der Waals surface area (Å²) in [6.07, 6.45) is 4.22. The molecule has 0 radical (unpaired) electrons. The van der Waals surface area contributed by atoms with Crippen molar-refractivity contribution in [3.05, 3.63) is 34.7 Å². The zero-order valence-corrected chi connectivity index (χ0v) is 14.4. The van der Waals surface area contributed by atoms with Gasteiger partial charge in [-0.15, -0.1) is 0 Å². The number of rotatable bonds is 3. The predicted molar refractivity (Wildman–Crippen MR) is 95.6 cm³/mol. The van der Waals surface area contributed by atoms with Gasteiger partial charge in [-0.25, -0.2) is 0 Å². The molecule has 1 fully saturated rings. The molecule has 1 saturated heterocycles. The Kier molecular flexibility index (Phi) is 5.06. The largest absolute Gasteiger partial charge is 0.493 e. The average Bonchev–Trinajstić information content (AvgIpc) is 2.91. The van der Waals surface area contributed by atoms with Crippen LogP contribution in [0.25, 0.3) is 6.08 Å². The predicted octanol–water partition coefficient (Wildman–Crippen LogP) is 3.79. The summed E-state index contributed by atoms with van der Waals surface area (Å²) in [5.74, 6) is 1.42. The Morgan fingerprint density at radius 1 is 1.35 bits per heavy atom. The van der Waals surface area contributed by atoms with E-state index in [-0.39, 0.29) is 5.91 Å². The van der Waals surface area contributed by atoms with Crippen molar-refractivity contribution < 1.29 is 9.53 Å². The normalized spacial score (nSPS) is 21.0. The fourth-order valence-corrected chi connectivity index (χ4v) is 3.72. The van der Waals surface area contributed by atoms with Crippen LogP contribution in [0.1, 0.15) is 32.3 Å². The lowest BCUT2D eigenvalue weighted by molar-refractivity contribution is -0.113. The zero-order valence-electron chi connectivity index (χ0n) is 13.6. The minimum absolute atomic E-state index is 0.144. The fourth-order valence-electron chi connectivity index (χ4n) is 2.76. The van der Waals surface area contributed by atoms with E-state index >= 15 is 0 Å². The number of carbonyl (C=O) groups excluding carboxylic acids is 1. The Bertz CT molecular complexity index is 646. The molecule has 0 spiro atoms. The first-order valence-corrected chi connectivity index (χ1v) is 8.98. The van der Waals surface area contributed by atoms with Crippen molar-refractivity contribution in [1.82, 2.24) is 4.90 Å². The maximum absolute atomic E-state index is 12.2. The summed E-state index contributed by atoms with van der Waals surface area (Å²) in [6.45, 7) is 6.82. The van der Waals surface area contributed by atoms with Crippen molar-refractivity contribution >= 4 is 28.9 Å². The van der Waals surface area contributed by atoms with Crippen LogP contribution in [0.5, 0.6) is 5.75 Å². The second-order valence-electron chi connectivity index (χ2n) is 5.95. The minimum Gasteiger partial charge on any atom is -0.493 e. The molecule has 0 atom stereocenters. The van der Waals surface area contributed by atoms with Crippen LogP contribution in [0.15, 0.2) is 34.2 Å². The smallest absolute Gasteiger partial charge is 0.286 e. The molecule has 2 heterocycles. The van der Waals surface area contributed by atoms with Crippen molar-refractivity contribution in [2.45, 2.75) is 26.7 Å². The minimum atomic E-state index is -0.144. The van der Waals surface area contributed by atoms with E-state index in [0.717, 1.165) is 35.5 Å². The molecule has 4 nitrogen and oxygen atoms in total. The lowest BCUT2D eigenvalue weighted by Gasteiger charge is -2.30. The highest BCUT2D eigenvalue weighted by Crippen LogP contribution is 2.33. The van der Waals surface area contributed by atoms with Gasteiger partial charge in [-0.3, -0.25) is 4.79 Å². The quantitative estimate of drug-likeness (QED) is 0.791. The molecule has 0 bridgehead atoms. The topological polar surface area (TPSA) is 41.9 Å². The first kappa shape index (κ1) is 16.1. The molecular formula is C18H22N2O2S. The molecule has 5 heteroatoms. The molecule has 122 valence electrons. The molecule has 3 rings (SSSR count). The summed E-state index contributed by atoms with van der Waals surface area (Å²) in [5.41, 5.74) is 0.925. The van der Waals surface area contributed by atoms with Crippen LogP contribution in [-0.2, 0) is 4.79 Å². The third-order valence-corrected chi connectivity index (χ3v) is 5.21. The average molecular weight is 330 g/mol. The van der Waals surface area contributed by atoms with E-state index in [2.05, 4.69) is 16.8 Å². The maximum Gasteiger partial charge on any atom is 0.286 e. The van der Waals surface area contributed by atoms with Gasteiger partial charge in [0.05, 0.1) is 11.5 Å². The van der Waals surface area contributed by atoms with Crippen molar-refractivity contribution in [1.29, 1.82) is 0 Å². The number of hydrogen-bond acceptors (Lipinski definition) is 4. The second-order valence-corrected chi connectivity index (χ2v) is 6.96. The van der Waals surface area contributed by atoms with E-state index in [1.807, 2.05) is 37.3 Å². The number of hydrogen-bond donors (Lipinski definition) is 0. The monoisotopic (exact) mass is 330 g/mol. The Balaban J connectivity index is 1.75. The first-order valence-electron chi connectivity index (χ1n) is 8.16. The Hall–Kier alpha value is -1.75. The summed E-state index contributed by atoms with van der Waals surface area (Å²) in [4.78, 5) is 19.4. The van der Waals surface area contributed by atoms with Gasteiger partial charge in [-0.1, -0.05) is 25.1 Å². The van der Waals surface area contributed by atoms with Crippen LogP contribution < -0.4 is 4.74 Å². The number of nitrogens with zero attached hydrogens (tertiary/aromatic N) is 2. The Labute approximate surface area is 141 Å². The molecule has 1 aromatic rings. The summed E-state index contributed by atoms with van der Waals surface area (Å²) in [5, 5.41) is 0.849. The number of likely N-dealkylation sites (tertiary alicyclic amines) is 1. The molecule has 2 aliphatic heterocycles. The van der Waals surface area contributed by atoms with Crippen molar-refractivity contribution in [3.8, 4) is 5.75 Å². The number of ether oxygens (including phenoxy) is 1. The second kappa shape index (κ2) is 7.21. The van der Waals surface area contributed by atoms with E-state index < -0.39 is 0 Å². The number of amides is 1. The number of thioether (sulfide) groups is 1. The highest BCUT2D eigenvalue weighted by atomic mass is 32.2. The van der Waals surface area contributed by atoms with Crippen LogP contribution in [0.2, 0.25) is 0 Å². The van der Waals surface area contributed by atoms with E-state index in [1.54, 1.807) is 0 Å². The lowest BCUT2D eigenvalue weighted by Crippen LogP contribution is -2.35. The molecule has 1 amide bonds. The third kappa shape index (κ3) is 3.78. The Morgan fingerprint density at radius 3 is 2.83 bits per heavy atom. The van der Waals surface area contributed by atoms with Gasteiger partial charge in [0.25, 0.3) is 5.91 Å². The van der Waals surface area contributed by atoms with Crippen LogP contribution >= 0.6 is 11.8 Å². The molecular weight excluding hydrogens is 308 g/mol. The van der Waals surface area contributed by atoms with Crippen molar-refractivity contribution in [2.75, 3.05) is 19.7 Å². The van der Waals surface area contributed by atoms with Crippen molar-refractivity contribution in [3.63, 3.8) is 0 Å². The van der Waals surface area contributed by atoms with Gasteiger partial charge in [-0.05, 0) is 49.6 Å². The number of aliphatic imine (C=N–C) groups is 1. The maximum atomic E-state index is 12.2. The van der Waals surface area contributed by atoms with Gasteiger partial charge in [0, 0.05) is 18.7 Å². The van der Waals surface area contributed by atoms with Crippen LogP contribution in [-0.4, -0.2) is 35.7 Å². The molecule has 23 heavy (non-hydrogen) atoms. The molecule has 0 aliphatic carbocycles. The lowest BCUT2D eigenvalue weighted by atomic mass is 10.00. The SMILES string of the molecule is CCOc1ccccc1C=C1SC(N2CCC(C)CC2)=NC1=O. The van der Waals surface area contributed by atoms with Gasteiger partial charge >= 0.3 is 0 Å². The zero-order chi connectivity index (χ0) is 16.2. The van der Waals surface area contributed by atoms with Gasteiger partial charge in [0.15, 0.2) is 5.17 Å². The summed E-state index contributed by atoms with van der Waals surface area (Å²) in [6, 6.07) is 7.78. The number of piperidine rings is 1. The van der Waals surface area contributed by atoms with Crippen molar-refractivity contribution in [2.24, 2.45) is 10.9 Å². The molecule has 0 unspecified atom stereocenters. The fraction of sp³-hybridized carbons (Fsp3) is 0.444. The van der Waals surface area contributed by atoms with Crippen LogP contribution in [0.3, 0.4) is 0 Å². The van der Waals surface area contributed by atoms with Gasteiger partial charge < -0.3 is 9.64 Å². The highest BCUT2D eigenvalue weighted by Gasteiger charge is 2.28. The van der Waals surface area contributed by atoms with Crippen LogP contribution in [0.4, 0.5) is 0 Å². The Morgan fingerprint density at radius 2 is 2.09 bits per heavy atom. The standard InChI is InChI=1S/C18H22N2O2S/c1-3-22-15-7-5-4-6-14(15)12-16-17(21)19-18(23-16)20-10-8-13(2)9-11-20/h4-7,12-13H,3,8-11H2,1-2H3. The number of para-hydroxylation sites is 1. The molecule has 0 aromatic heterocycles. The summed E-state index contributed by atoms with van der Waals surface area (Å²) < 4.78 is 5.62. The molecule has 1 aromatic carbocycles. The molecule has 0 N–H and O–H groups in total. The highest BCUT2D eigenvalue weighted by molar-refractivity contribution is 8.18. The third-order valence-electron chi connectivity index (χ3n) is 4.17. The van der Waals surface area contributed by atoms with Gasteiger partial charge in [0.2, 0.25) is 0 Å². The first-order chi connectivity index (χ1) is 11.2. The number of benzene rings is 1. The van der Waals surface area contributed by atoms with E-state index in [9.17, 15) is 4.79 Å². The molecule has 2 aliphatic rings.